The highest BCUT2D eigenvalue weighted by atomic mass is 35.5. The van der Waals surface area contributed by atoms with E-state index < -0.39 is 0 Å². The summed E-state index contributed by atoms with van der Waals surface area (Å²) in [5, 5.41) is 5.46. The number of hydrogen-bond donors (Lipinski definition) is 0. The summed E-state index contributed by atoms with van der Waals surface area (Å²) in [6.45, 7) is 1.84. The molecule has 0 bridgehead atoms. The van der Waals surface area contributed by atoms with Crippen LogP contribution in [0.3, 0.4) is 0 Å². The second kappa shape index (κ2) is 5.51. The van der Waals surface area contributed by atoms with Crippen molar-refractivity contribution in [1.82, 2.24) is 9.78 Å². The fraction of sp³-hybridized carbons (Fsp3) is 0.0625. The molecule has 1 heterocycles. The quantitative estimate of drug-likeness (QED) is 0.627. The van der Waals surface area contributed by atoms with Gasteiger partial charge < -0.3 is 0 Å². The molecule has 0 atom stereocenters. The van der Waals surface area contributed by atoms with Gasteiger partial charge >= 0.3 is 0 Å². The third-order valence-electron chi connectivity index (χ3n) is 3.21. The van der Waals surface area contributed by atoms with Gasteiger partial charge in [0.1, 0.15) is 5.82 Å². The molecule has 0 spiro atoms. The molecule has 1 aromatic heterocycles. The highest BCUT2D eigenvalue weighted by molar-refractivity contribution is 6.30. The molecule has 3 aromatic rings. The van der Waals surface area contributed by atoms with Gasteiger partial charge in [0, 0.05) is 27.4 Å². The lowest BCUT2D eigenvalue weighted by Gasteiger charge is -2.02. The minimum Gasteiger partial charge on any atom is -0.240 e. The van der Waals surface area contributed by atoms with Crippen LogP contribution < -0.4 is 0 Å². The largest absolute Gasteiger partial charge is 0.240 e. The molecule has 5 heteroatoms. The zero-order chi connectivity index (χ0) is 15.0. The lowest BCUT2D eigenvalue weighted by molar-refractivity contribution is 0.631. The summed E-state index contributed by atoms with van der Waals surface area (Å²) >= 11 is 11.7. The summed E-state index contributed by atoms with van der Waals surface area (Å²) in [5.41, 5.74) is 2.82. The normalized spacial score (nSPS) is 10.9. The Balaban J connectivity index is 2.07. The summed E-state index contributed by atoms with van der Waals surface area (Å²) in [4.78, 5) is 0. The third kappa shape index (κ3) is 2.80. The standard InChI is InChI=1S/C16H11Cl2FN2/c1-10-15(14-7-4-12(18)8-16(14)19)9-21(20-10)13-5-2-11(17)3-6-13/h2-9H,1H3. The van der Waals surface area contributed by atoms with Crippen LogP contribution in [0.2, 0.25) is 10.0 Å². The molecular weight excluding hydrogens is 310 g/mol. The Hall–Kier alpha value is -1.84. The maximum Gasteiger partial charge on any atom is 0.132 e. The summed E-state index contributed by atoms with van der Waals surface area (Å²) in [6, 6.07) is 11.9. The highest BCUT2D eigenvalue weighted by Gasteiger charge is 2.12. The van der Waals surface area contributed by atoms with Gasteiger partial charge in [-0.05, 0) is 49.4 Å². The molecule has 3 rings (SSSR count). The molecular formula is C16H11Cl2FN2. The van der Waals surface area contributed by atoms with Crippen LogP contribution in [0.4, 0.5) is 4.39 Å². The van der Waals surface area contributed by atoms with E-state index in [1.807, 2.05) is 19.1 Å². The van der Waals surface area contributed by atoms with Gasteiger partial charge in [-0.15, -0.1) is 0 Å². The van der Waals surface area contributed by atoms with Gasteiger partial charge in [0.05, 0.1) is 11.4 Å². The molecule has 21 heavy (non-hydrogen) atoms. The second-order valence-electron chi connectivity index (χ2n) is 4.67. The van der Waals surface area contributed by atoms with E-state index in [0.717, 1.165) is 16.9 Å². The van der Waals surface area contributed by atoms with Crippen molar-refractivity contribution >= 4 is 23.2 Å². The molecule has 0 amide bonds. The topological polar surface area (TPSA) is 17.8 Å². The average Bonchev–Trinajstić information content (AvgIpc) is 2.81. The minimum atomic E-state index is -0.360. The number of aromatic nitrogens is 2. The Labute approximate surface area is 131 Å². The summed E-state index contributed by atoms with van der Waals surface area (Å²) in [7, 11) is 0. The van der Waals surface area contributed by atoms with Gasteiger partial charge in [-0.3, -0.25) is 0 Å². The first-order valence-electron chi connectivity index (χ1n) is 6.32. The predicted octanol–water partition coefficient (Wildman–Crippen LogP) is 5.29. The summed E-state index contributed by atoms with van der Waals surface area (Å²) in [5.74, 6) is -0.360. The Bertz CT molecular complexity index is 795. The number of benzene rings is 2. The summed E-state index contributed by atoms with van der Waals surface area (Å²) in [6.07, 6.45) is 1.80. The Morgan fingerprint density at radius 1 is 0.952 bits per heavy atom. The lowest BCUT2D eigenvalue weighted by Crippen LogP contribution is -1.93. The zero-order valence-corrected chi connectivity index (χ0v) is 12.7. The van der Waals surface area contributed by atoms with E-state index in [9.17, 15) is 4.39 Å². The maximum atomic E-state index is 14.0. The van der Waals surface area contributed by atoms with Crippen LogP contribution in [-0.2, 0) is 0 Å². The average molecular weight is 321 g/mol. The van der Waals surface area contributed by atoms with Crippen LogP contribution in [-0.4, -0.2) is 9.78 Å². The van der Waals surface area contributed by atoms with Crippen molar-refractivity contribution in [1.29, 1.82) is 0 Å². The van der Waals surface area contributed by atoms with Gasteiger partial charge in [0.25, 0.3) is 0 Å². The number of halogens is 3. The van der Waals surface area contributed by atoms with E-state index in [-0.39, 0.29) is 5.82 Å². The SMILES string of the molecule is Cc1nn(-c2ccc(Cl)cc2)cc1-c1ccc(Cl)cc1F. The van der Waals surface area contributed by atoms with Crippen molar-refractivity contribution in [3.05, 3.63) is 70.2 Å². The molecule has 0 aliphatic heterocycles. The van der Waals surface area contributed by atoms with Gasteiger partial charge in [0.2, 0.25) is 0 Å². The van der Waals surface area contributed by atoms with Crippen LogP contribution in [0.1, 0.15) is 5.69 Å². The van der Waals surface area contributed by atoms with Crippen LogP contribution in [0.25, 0.3) is 16.8 Å². The lowest BCUT2D eigenvalue weighted by atomic mass is 10.1. The van der Waals surface area contributed by atoms with Crippen LogP contribution in [0, 0.1) is 12.7 Å². The molecule has 2 aromatic carbocycles. The van der Waals surface area contributed by atoms with Gasteiger partial charge in [-0.25, -0.2) is 9.07 Å². The van der Waals surface area contributed by atoms with Crippen molar-refractivity contribution < 1.29 is 4.39 Å². The first kappa shape index (κ1) is 14.1. The number of nitrogens with zero attached hydrogens (tertiary/aromatic N) is 2. The Morgan fingerprint density at radius 3 is 2.29 bits per heavy atom. The van der Waals surface area contributed by atoms with E-state index >= 15 is 0 Å². The van der Waals surface area contributed by atoms with E-state index in [1.54, 1.807) is 35.1 Å². The van der Waals surface area contributed by atoms with Crippen molar-refractivity contribution in [2.75, 3.05) is 0 Å². The molecule has 0 aliphatic carbocycles. The van der Waals surface area contributed by atoms with E-state index in [1.165, 1.54) is 6.07 Å². The Kier molecular flexibility index (Phi) is 3.70. The first-order valence-corrected chi connectivity index (χ1v) is 7.08. The maximum absolute atomic E-state index is 14.0. The summed E-state index contributed by atoms with van der Waals surface area (Å²) < 4.78 is 15.7. The van der Waals surface area contributed by atoms with Crippen molar-refractivity contribution in [2.45, 2.75) is 6.92 Å². The molecule has 0 saturated carbocycles. The van der Waals surface area contributed by atoms with Gasteiger partial charge in [-0.1, -0.05) is 23.2 Å². The van der Waals surface area contributed by atoms with Crippen molar-refractivity contribution in [3.63, 3.8) is 0 Å². The van der Waals surface area contributed by atoms with E-state index in [2.05, 4.69) is 5.10 Å². The molecule has 0 aliphatic rings. The second-order valence-corrected chi connectivity index (χ2v) is 5.55. The number of aryl methyl sites for hydroxylation is 1. The third-order valence-corrected chi connectivity index (χ3v) is 3.70. The molecule has 0 N–H and O–H groups in total. The monoisotopic (exact) mass is 320 g/mol. The van der Waals surface area contributed by atoms with Gasteiger partial charge in [0.15, 0.2) is 0 Å². The molecule has 0 saturated heterocycles. The van der Waals surface area contributed by atoms with Crippen LogP contribution in [0.5, 0.6) is 0 Å². The first-order chi connectivity index (χ1) is 10.0. The highest BCUT2D eigenvalue weighted by Crippen LogP contribution is 2.28. The van der Waals surface area contributed by atoms with Crippen LogP contribution >= 0.6 is 23.2 Å². The fourth-order valence-electron chi connectivity index (χ4n) is 2.16. The predicted molar refractivity (Wildman–Crippen MR) is 83.7 cm³/mol. The molecule has 106 valence electrons. The smallest absolute Gasteiger partial charge is 0.132 e. The number of hydrogen-bond acceptors (Lipinski definition) is 1. The fourth-order valence-corrected chi connectivity index (χ4v) is 2.44. The molecule has 0 unspecified atom stereocenters. The van der Waals surface area contributed by atoms with Crippen molar-refractivity contribution in [3.8, 4) is 16.8 Å². The minimum absolute atomic E-state index is 0.360. The molecule has 0 fully saturated rings. The van der Waals surface area contributed by atoms with E-state index in [4.69, 9.17) is 23.2 Å². The zero-order valence-electron chi connectivity index (χ0n) is 11.1. The number of rotatable bonds is 2. The molecule has 2 nitrogen and oxygen atoms in total. The molecule has 0 radical (unpaired) electrons. The Morgan fingerprint density at radius 2 is 1.62 bits per heavy atom. The van der Waals surface area contributed by atoms with Crippen molar-refractivity contribution in [2.24, 2.45) is 0 Å². The van der Waals surface area contributed by atoms with Gasteiger partial charge in [-0.2, -0.15) is 5.10 Å². The van der Waals surface area contributed by atoms with Crippen LogP contribution in [0.15, 0.2) is 48.7 Å². The van der Waals surface area contributed by atoms with E-state index in [0.29, 0.717) is 15.6 Å².